The van der Waals surface area contributed by atoms with Gasteiger partial charge in [-0.2, -0.15) is 4.98 Å². The molecule has 0 fully saturated rings. The van der Waals surface area contributed by atoms with Gasteiger partial charge in [-0.05, 0) is 43.0 Å². The number of rotatable bonds is 6. The fourth-order valence-corrected chi connectivity index (χ4v) is 4.59. The van der Waals surface area contributed by atoms with Crippen molar-refractivity contribution in [3.8, 4) is 11.4 Å². The van der Waals surface area contributed by atoms with Crippen LogP contribution in [0.5, 0.6) is 0 Å². The molecule has 0 bridgehead atoms. The standard InChI is InChI=1S/C29H27ClN4O2/c1-4-20-11-15-21(16-12-20)26-25(28-32-27(33-36-28)22-13-9-18(2)10-14-22)19(3)34(29(35)31-26)17-23-7-5-6-8-24(23)30/h5-16,26H,4,17H2,1-3H3,(H,31,35). The maximum absolute atomic E-state index is 13.3. The van der Waals surface area contributed by atoms with Crippen LogP contribution >= 0.6 is 11.6 Å². The molecule has 1 unspecified atom stereocenters. The molecule has 1 N–H and O–H groups in total. The topological polar surface area (TPSA) is 71.3 Å². The molecule has 5 rings (SSSR count). The van der Waals surface area contributed by atoms with Crippen LogP contribution in [0.2, 0.25) is 5.02 Å². The first-order valence-corrected chi connectivity index (χ1v) is 12.3. The number of amides is 2. The highest BCUT2D eigenvalue weighted by Crippen LogP contribution is 2.38. The number of carbonyl (C=O) groups is 1. The fraction of sp³-hybridized carbons (Fsp3) is 0.207. The van der Waals surface area contributed by atoms with E-state index in [0.717, 1.165) is 39.9 Å². The Kier molecular flexibility index (Phi) is 6.61. The zero-order valence-corrected chi connectivity index (χ0v) is 21.2. The maximum Gasteiger partial charge on any atom is 0.322 e. The molecule has 7 heteroatoms. The van der Waals surface area contributed by atoms with Crippen molar-refractivity contribution in [1.29, 1.82) is 0 Å². The Bertz CT molecular complexity index is 1420. The first-order valence-electron chi connectivity index (χ1n) is 12.0. The summed E-state index contributed by atoms with van der Waals surface area (Å²) >= 11 is 6.41. The number of benzene rings is 3. The molecule has 0 spiro atoms. The third-order valence-electron chi connectivity index (χ3n) is 6.57. The lowest BCUT2D eigenvalue weighted by atomic mass is 9.93. The van der Waals surface area contributed by atoms with Crippen LogP contribution in [0.25, 0.3) is 17.0 Å². The molecule has 4 aromatic rings. The number of nitrogens with one attached hydrogen (secondary N) is 1. The van der Waals surface area contributed by atoms with E-state index in [1.807, 2.05) is 74.5 Å². The van der Waals surface area contributed by atoms with Crippen LogP contribution in [0.15, 0.2) is 83.0 Å². The molecule has 1 aromatic heterocycles. The minimum absolute atomic E-state index is 0.209. The lowest BCUT2D eigenvalue weighted by Gasteiger charge is -2.35. The van der Waals surface area contributed by atoms with Crippen molar-refractivity contribution < 1.29 is 9.32 Å². The number of hydrogen-bond donors (Lipinski definition) is 1. The molecule has 1 aliphatic heterocycles. The quantitative estimate of drug-likeness (QED) is 0.312. The van der Waals surface area contributed by atoms with Gasteiger partial charge >= 0.3 is 6.03 Å². The summed E-state index contributed by atoms with van der Waals surface area (Å²) in [6, 6.07) is 23.1. The molecule has 6 nitrogen and oxygen atoms in total. The Balaban J connectivity index is 1.59. The van der Waals surface area contributed by atoms with Crippen molar-refractivity contribution in [2.75, 3.05) is 0 Å². The third kappa shape index (κ3) is 4.64. The van der Waals surface area contributed by atoms with Gasteiger partial charge in [0.05, 0.1) is 18.2 Å². The number of nitrogens with zero attached hydrogens (tertiary/aromatic N) is 3. The van der Waals surface area contributed by atoms with Gasteiger partial charge in [0.25, 0.3) is 5.89 Å². The van der Waals surface area contributed by atoms with Gasteiger partial charge in [-0.3, -0.25) is 4.90 Å². The van der Waals surface area contributed by atoms with Crippen LogP contribution in [-0.2, 0) is 13.0 Å². The van der Waals surface area contributed by atoms with E-state index in [1.54, 1.807) is 4.90 Å². The Labute approximate surface area is 215 Å². The van der Waals surface area contributed by atoms with E-state index < -0.39 is 6.04 Å². The molecule has 0 saturated carbocycles. The number of carbonyl (C=O) groups excluding carboxylic acids is 1. The summed E-state index contributed by atoms with van der Waals surface area (Å²) in [5.41, 5.74) is 6.54. The lowest BCUT2D eigenvalue weighted by molar-refractivity contribution is 0.203. The van der Waals surface area contributed by atoms with Crippen LogP contribution in [-0.4, -0.2) is 21.1 Å². The Morgan fingerprint density at radius 3 is 2.42 bits per heavy atom. The molecular weight excluding hydrogens is 472 g/mol. The van der Waals surface area contributed by atoms with Crippen molar-refractivity contribution in [2.45, 2.75) is 39.8 Å². The summed E-state index contributed by atoms with van der Waals surface area (Å²) in [5, 5.41) is 8.01. The van der Waals surface area contributed by atoms with Crippen molar-refractivity contribution in [2.24, 2.45) is 0 Å². The first kappa shape index (κ1) is 23.8. The van der Waals surface area contributed by atoms with Crippen molar-refractivity contribution in [1.82, 2.24) is 20.4 Å². The van der Waals surface area contributed by atoms with Crippen LogP contribution in [0.1, 0.15) is 48.0 Å². The fourth-order valence-electron chi connectivity index (χ4n) is 4.39. The molecule has 1 aliphatic rings. The summed E-state index contributed by atoms with van der Waals surface area (Å²) in [6.45, 7) is 6.38. The van der Waals surface area contributed by atoms with Gasteiger partial charge in [-0.1, -0.05) is 96.0 Å². The van der Waals surface area contributed by atoms with Gasteiger partial charge in [0.15, 0.2) is 0 Å². The van der Waals surface area contributed by atoms with Crippen LogP contribution in [0.3, 0.4) is 0 Å². The van der Waals surface area contributed by atoms with Gasteiger partial charge < -0.3 is 9.84 Å². The molecule has 3 aromatic carbocycles. The highest BCUT2D eigenvalue weighted by atomic mass is 35.5. The van der Waals surface area contributed by atoms with Crippen molar-refractivity contribution >= 4 is 23.2 Å². The second-order valence-electron chi connectivity index (χ2n) is 8.94. The zero-order chi connectivity index (χ0) is 25.2. The molecular formula is C29H27ClN4O2. The van der Waals surface area contributed by atoms with Gasteiger partial charge in [0, 0.05) is 16.3 Å². The largest absolute Gasteiger partial charge is 0.334 e. The second-order valence-corrected chi connectivity index (χ2v) is 9.35. The molecule has 0 aliphatic carbocycles. The monoisotopic (exact) mass is 498 g/mol. The molecule has 1 atom stereocenters. The molecule has 0 saturated heterocycles. The molecule has 182 valence electrons. The summed E-state index contributed by atoms with van der Waals surface area (Å²) in [7, 11) is 0. The van der Waals surface area contributed by atoms with Crippen molar-refractivity contribution in [3.63, 3.8) is 0 Å². The molecule has 0 radical (unpaired) electrons. The number of urea groups is 1. The minimum atomic E-state index is -0.433. The van der Waals surface area contributed by atoms with Gasteiger partial charge in [-0.15, -0.1) is 0 Å². The zero-order valence-electron chi connectivity index (χ0n) is 20.5. The van der Waals surface area contributed by atoms with Crippen molar-refractivity contribution in [3.05, 3.63) is 112 Å². The first-order chi connectivity index (χ1) is 17.4. The van der Waals surface area contributed by atoms with Gasteiger partial charge in [0.2, 0.25) is 5.82 Å². The van der Waals surface area contributed by atoms with Crippen LogP contribution < -0.4 is 5.32 Å². The van der Waals surface area contributed by atoms with E-state index in [0.29, 0.717) is 23.3 Å². The third-order valence-corrected chi connectivity index (χ3v) is 6.94. The normalized spacial score (nSPS) is 15.8. The summed E-state index contributed by atoms with van der Waals surface area (Å²) in [6.07, 6.45) is 0.939. The average Bonchev–Trinajstić information content (AvgIpc) is 3.37. The summed E-state index contributed by atoms with van der Waals surface area (Å²) < 4.78 is 5.79. The van der Waals surface area contributed by atoms with Crippen LogP contribution in [0.4, 0.5) is 4.79 Å². The summed E-state index contributed by atoms with van der Waals surface area (Å²) in [5.74, 6) is 0.872. The van der Waals surface area contributed by atoms with E-state index >= 15 is 0 Å². The smallest absolute Gasteiger partial charge is 0.322 e. The Morgan fingerprint density at radius 1 is 1.00 bits per heavy atom. The predicted octanol–water partition coefficient (Wildman–Crippen LogP) is 6.96. The Morgan fingerprint density at radius 2 is 1.72 bits per heavy atom. The van der Waals surface area contributed by atoms with E-state index in [-0.39, 0.29) is 6.03 Å². The highest BCUT2D eigenvalue weighted by molar-refractivity contribution is 6.31. The van der Waals surface area contributed by atoms with Crippen LogP contribution in [0, 0.1) is 6.92 Å². The molecule has 36 heavy (non-hydrogen) atoms. The highest BCUT2D eigenvalue weighted by Gasteiger charge is 2.36. The number of halogens is 1. The summed E-state index contributed by atoms with van der Waals surface area (Å²) in [4.78, 5) is 19.7. The maximum atomic E-state index is 13.3. The predicted molar refractivity (Wildman–Crippen MR) is 141 cm³/mol. The van der Waals surface area contributed by atoms with E-state index in [9.17, 15) is 4.79 Å². The average molecular weight is 499 g/mol. The SMILES string of the molecule is CCc1ccc(C2NC(=O)N(Cc3ccccc3Cl)C(C)=C2c2nc(-c3ccc(C)cc3)no2)cc1. The molecule has 2 amide bonds. The number of allylic oxidation sites excluding steroid dienone is 1. The lowest BCUT2D eigenvalue weighted by Crippen LogP contribution is -2.45. The second kappa shape index (κ2) is 9.99. The number of aromatic nitrogens is 2. The van der Waals surface area contributed by atoms with E-state index in [1.165, 1.54) is 5.56 Å². The number of hydrogen-bond acceptors (Lipinski definition) is 4. The molecule has 2 heterocycles. The van der Waals surface area contributed by atoms with E-state index in [4.69, 9.17) is 21.1 Å². The van der Waals surface area contributed by atoms with Gasteiger partial charge in [-0.25, -0.2) is 4.79 Å². The Hall–Kier alpha value is -3.90. The van der Waals surface area contributed by atoms with E-state index in [2.05, 4.69) is 29.5 Å². The minimum Gasteiger partial charge on any atom is -0.334 e. The number of aryl methyl sites for hydroxylation is 2. The van der Waals surface area contributed by atoms with Gasteiger partial charge in [0.1, 0.15) is 0 Å².